The number of esters is 1. The van der Waals surface area contributed by atoms with Crippen molar-refractivity contribution >= 4 is 56.0 Å². The molecule has 1 N–H and O–H groups in total. The molecule has 4 heterocycles. The van der Waals surface area contributed by atoms with E-state index in [1.165, 1.54) is 0 Å². The molecule has 2 amide bonds. The van der Waals surface area contributed by atoms with Gasteiger partial charge in [-0.2, -0.15) is 4.98 Å². The van der Waals surface area contributed by atoms with E-state index in [9.17, 15) is 27.6 Å². The zero-order valence-electron chi connectivity index (χ0n) is 36.3. The molecule has 2 aliphatic heterocycles. The molecule has 1 aromatic carbocycles. The molecule has 3 aromatic rings. The van der Waals surface area contributed by atoms with Gasteiger partial charge in [-0.1, -0.05) is 44.9 Å². The number of aryl methyl sites for hydroxylation is 1. The van der Waals surface area contributed by atoms with Crippen molar-refractivity contribution in [3.63, 3.8) is 0 Å². The monoisotopic (exact) mass is 863 g/mol. The molecule has 2 aromatic heterocycles. The molecule has 4 aliphatic rings. The summed E-state index contributed by atoms with van der Waals surface area (Å²) in [6.45, 7) is 15.9. The highest BCUT2D eigenvalue weighted by Gasteiger charge is 2.61. The van der Waals surface area contributed by atoms with Gasteiger partial charge in [-0.25, -0.2) is 13.4 Å². The van der Waals surface area contributed by atoms with Crippen molar-refractivity contribution in [3.05, 3.63) is 40.9 Å². The Labute approximate surface area is 358 Å². The number of carbonyl (C=O) groups excluding carboxylic acids is 4. The first-order chi connectivity index (χ1) is 28.3. The van der Waals surface area contributed by atoms with Gasteiger partial charge in [0.2, 0.25) is 21.8 Å². The first-order valence-electron chi connectivity index (χ1n) is 21.7. The van der Waals surface area contributed by atoms with Gasteiger partial charge < -0.3 is 14.4 Å². The van der Waals surface area contributed by atoms with E-state index in [-0.39, 0.29) is 55.4 Å². The molecule has 326 valence electrons. The minimum atomic E-state index is -3.86. The van der Waals surface area contributed by atoms with Crippen molar-refractivity contribution in [2.24, 2.45) is 17.3 Å². The van der Waals surface area contributed by atoms with Crippen LogP contribution in [0.4, 0.5) is 0 Å². The second kappa shape index (κ2) is 17.0. The van der Waals surface area contributed by atoms with Gasteiger partial charge in [0.15, 0.2) is 5.78 Å². The van der Waals surface area contributed by atoms with Crippen LogP contribution in [-0.2, 0) is 33.9 Å². The number of nitrogens with zero attached hydrogens (tertiary/aromatic N) is 4. The lowest BCUT2D eigenvalue weighted by Crippen LogP contribution is -2.46. The number of para-hydroxylation sites is 1. The number of fused-ring (bicyclic) bond motifs is 3. The Hall–Kier alpha value is -4.11. The number of Topliss-reactive ketones (excluding diaryl/α,β-unsaturated/α-hetero) is 1. The number of rotatable bonds is 10. The predicted octanol–water partition coefficient (Wildman–Crippen LogP) is 7.96. The molecule has 0 unspecified atom stereocenters. The SMILES string of the molecule is Cc1sc(-c2cccc3c2nc(O[C@@H]2C[C@H]4C(=O)C[C@]5(C(=O)NS(=O)(=O)C6CC6)C[C@H]5/C=C\CCCCC[C@H](CC(=O)OC(C)(C)C)C(=O)N4C2)n3C(C)C)nc1C(C)C. The Morgan fingerprint density at radius 2 is 1.80 bits per heavy atom. The summed E-state index contributed by atoms with van der Waals surface area (Å²) in [5.74, 6) is -2.59. The molecular weight excluding hydrogens is 803 g/mol. The number of aromatic nitrogens is 3. The molecule has 13 nitrogen and oxygen atoms in total. The van der Waals surface area contributed by atoms with Gasteiger partial charge in [0.25, 0.3) is 6.01 Å². The van der Waals surface area contributed by atoms with Crippen LogP contribution in [0.15, 0.2) is 30.4 Å². The van der Waals surface area contributed by atoms with Crippen LogP contribution < -0.4 is 9.46 Å². The summed E-state index contributed by atoms with van der Waals surface area (Å²) in [5, 5.41) is 0.275. The van der Waals surface area contributed by atoms with Crippen LogP contribution >= 0.6 is 11.3 Å². The fourth-order valence-corrected chi connectivity index (χ4v) is 11.4. The fraction of sp³-hybridized carbons (Fsp3) is 0.644. The first-order valence-corrected chi connectivity index (χ1v) is 24.1. The van der Waals surface area contributed by atoms with Crippen LogP contribution in [0.3, 0.4) is 0 Å². The van der Waals surface area contributed by atoms with Crippen LogP contribution in [-0.4, -0.2) is 81.0 Å². The average molecular weight is 864 g/mol. The highest BCUT2D eigenvalue weighted by molar-refractivity contribution is 7.90. The molecule has 7 rings (SSSR count). The maximum Gasteiger partial charge on any atom is 0.307 e. The zero-order valence-corrected chi connectivity index (χ0v) is 37.9. The Bertz CT molecular complexity index is 2280. The van der Waals surface area contributed by atoms with Gasteiger partial charge in [-0.05, 0) is 104 Å². The number of thiazole rings is 1. The number of ether oxygens (including phenoxy) is 2. The van der Waals surface area contributed by atoms with Gasteiger partial charge in [-0.15, -0.1) is 11.3 Å². The summed E-state index contributed by atoms with van der Waals surface area (Å²) in [6.07, 6.45) is 7.97. The van der Waals surface area contributed by atoms with E-state index in [2.05, 4.69) is 25.5 Å². The molecule has 2 saturated carbocycles. The molecule has 0 bridgehead atoms. The van der Waals surface area contributed by atoms with Gasteiger partial charge in [0, 0.05) is 35.2 Å². The second-order valence-electron chi connectivity index (χ2n) is 19.0. The molecule has 60 heavy (non-hydrogen) atoms. The van der Waals surface area contributed by atoms with E-state index < -0.39 is 56.2 Å². The number of sulfonamides is 1. The van der Waals surface area contributed by atoms with Crippen molar-refractivity contribution in [1.82, 2.24) is 24.2 Å². The van der Waals surface area contributed by atoms with Crippen molar-refractivity contribution < 1.29 is 37.1 Å². The Morgan fingerprint density at radius 3 is 2.47 bits per heavy atom. The standard InChI is InChI=1S/C45H61N5O8S2/c1-26(2)38-28(5)59-40(46-38)33-17-14-18-34-39(33)47-43(50(34)27(3)4)57-31-22-35-36(51)24-45(42(54)48-60(55,56)32-19-20-32)23-30(45)16-13-11-9-10-12-15-29(41(53)49(35)25-31)21-37(52)58-44(6,7)8/h13-14,16-18,26-27,29-32,35H,9-12,15,19-25H2,1-8H3,(H,48,54)/b16-13-/t29-,30-,31-,35+,45-/m1/s1. The minimum absolute atomic E-state index is 0.0528. The largest absolute Gasteiger partial charge is 0.460 e. The molecule has 3 fully saturated rings. The van der Waals surface area contributed by atoms with E-state index in [1.54, 1.807) is 37.0 Å². The molecule has 1 saturated heterocycles. The third kappa shape index (κ3) is 9.36. The van der Waals surface area contributed by atoms with Crippen LogP contribution in [0.2, 0.25) is 0 Å². The quantitative estimate of drug-likeness (QED) is 0.156. The number of carbonyl (C=O) groups is 4. The Morgan fingerprint density at radius 1 is 1.05 bits per heavy atom. The maximum atomic E-state index is 14.8. The number of hydrogen-bond acceptors (Lipinski definition) is 11. The Balaban J connectivity index is 1.23. The van der Waals surface area contributed by atoms with Crippen molar-refractivity contribution in [2.75, 3.05) is 6.54 Å². The van der Waals surface area contributed by atoms with Crippen LogP contribution in [0.5, 0.6) is 6.01 Å². The number of amides is 2. The lowest BCUT2D eigenvalue weighted by Gasteiger charge is -2.29. The van der Waals surface area contributed by atoms with Crippen LogP contribution in [0.1, 0.15) is 142 Å². The molecule has 5 atom stereocenters. The second-order valence-corrected chi connectivity index (χ2v) is 22.1. The summed E-state index contributed by atoms with van der Waals surface area (Å²) < 4.78 is 42.7. The number of nitrogens with one attached hydrogen (secondary N) is 1. The van der Waals surface area contributed by atoms with Crippen molar-refractivity contribution in [2.45, 2.75) is 161 Å². The van der Waals surface area contributed by atoms with E-state index in [0.29, 0.717) is 38.1 Å². The molecule has 15 heteroatoms. The van der Waals surface area contributed by atoms with Gasteiger partial charge >= 0.3 is 5.97 Å². The van der Waals surface area contributed by atoms with Crippen LogP contribution in [0, 0.1) is 24.2 Å². The smallest absolute Gasteiger partial charge is 0.307 e. The summed E-state index contributed by atoms with van der Waals surface area (Å²) in [5.41, 5.74) is 1.58. The van der Waals surface area contributed by atoms with E-state index in [4.69, 9.17) is 19.4 Å². The Kier molecular flexibility index (Phi) is 12.4. The minimum Gasteiger partial charge on any atom is -0.460 e. The van der Waals surface area contributed by atoms with Gasteiger partial charge in [-0.3, -0.25) is 28.5 Å². The van der Waals surface area contributed by atoms with E-state index in [1.807, 2.05) is 48.8 Å². The third-order valence-corrected chi connectivity index (χ3v) is 15.1. The summed E-state index contributed by atoms with van der Waals surface area (Å²) in [4.78, 5) is 69.5. The van der Waals surface area contributed by atoms with Crippen molar-refractivity contribution in [3.8, 4) is 16.6 Å². The molecular formula is C45H61N5O8S2. The topological polar surface area (TPSA) is 167 Å². The summed E-state index contributed by atoms with van der Waals surface area (Å²) in [6, 6.07) is 5.35. The molecule has 0 spiro atoms. The van der Waals surface area contributed by atoms with E-state index in [0.717, 1.165) is 51.4 Å². The summed E-state index contributed by atoms with van der Waals surface area (Å²) >= 11 is 1.63. The third-order valence-electron chi connectivity index (χ3n) is 12.3. The normalized spacial score (nSPS) is 26.1. The fourth-order valence-electron chi connectivity index (χ4n) is 8.96. The van der Waals surface area contributed by atoms with Gasteiger partial charge in [0.1, 0.15) is 22.2 Å². The lowest BCUT2D eigenvalue weighted by atomic mass is 9.90. The number of allylic oxidation sites excluding steroid dienone is 2. The van der Waals surface area contributed by atoms with Gasteiger partial charge in [0.05, 0.1) is 40.9 Å². The number of benzene rings is 1. The van der Waals surface area contributed by atoms with E-state index >= 15 is 0 Å². The number of hydrogen-bond donors (Lipinski definition) is 1. The highest BCUT2D eigenvalue weighted by Crippen LogP contribution is 2.57. The highest BCUT2D eigenvalue weighted by atomic mass is 32.2. The zero-order chi connectivity index (χ0) is 43.3. The van der Waals surface area contributed by atoms with Crippen molar-refractivity contribution in [1.29, 1.82) is 0 Å². The average Bonchev–Trinajstić information content (AvgIpc) is 4.00. The maximum absolute atomic E-state index is 14.8. The number of ketones is 1. The predicted molar refractivity (Wildman–Crippen MR) is 231 cm³/mol. The number of imidazole rings is 1. The summed E-state index contributed by atoms with van der Waals surface area (Å²) in [7, 11) is -3.86. The molecule has 2 aliphatic carbocycles. The first kappa shape index (κ1) is 44.0. The van der Waals surface area contributed by atoms with Crippen LogP contribution in [0.25, 0.3) is 21.6 Å². The molecule has 0 radical (unpaired) electrons. The lowest BCUT2D eigenvalue weighted by molar-refractivity contribution is -0.159.